The van der Waals surface area contributed by atoms with Crippen LogP contribution < -0.4 is 0 Å². The number of hydrogen-bond acceptors (Lipinski definition) is 4. The lowest BCUT2D eigenvalue weighted by Crippen LogP contribution is -2.55. The number of aromatic nitrogens is 3. The van der Waals surface area contributed by atoms with E-state index < -0.39 is 0 Å². The van der Waals surface area contributed by atoms with Gasteiger partial charge in [0.25, 0.3) is 11.8 Å². The lowest BCUT2D eigenvalue weighted by Gasteiger charge is -2.39. The van der Waals surface area contributed by atoms with Gasteiger partial charge in [-0.15, -0.1) is 0 Å². The number of carbonyl (C=O) groups is 2. The van der Waals surface area contributed by atoms with Crippen molar-refractivity contribution < 1.29 is 9.59 Å². The Bertz CT molecular complexity index is 814. The first-order chi connectivity index (χ1) is 11.9. The zero-order valence-electron chi connectivity index (χ0n) is 15.0. The molecule has 2 amide bonds. The van der Waals surface area contributed by atoms with Crippen LogP contribution in [0.15, 0.2) is 18.3 Å². The van der Waals surface area contributed by atoms with Crippen molar-refractivity contribution in [3.8, 4) is 0 Å². The maximum absolute atomic E-state index is 12.8. The van der Waals surface area contributed by atoms with Crippen molar-refractivity contribution in [1.29, 1.82) is 0 Å². The Morgan fingerprint density at radius 1 is 1.16 bits per heavy atom. The summed E-state index contributed by atoms with van der Waals surface area (Å²) in [5.41, 5.74) is 3.67. The van der Waals surface area contributed by atoms with Crippen molar-refractivity contribution >= 4 is 11.8 Å². The van der Waals surface area contributed by atoms with Crippen LogP contribution in [0.5, 0.6) is 0 Å². The summed E-state index contributed by atoms with van der Waals surface area (Å²) in [6.07, 6.45) is 1.71. The van der Waals surface area contributed by atoms with Crippen molar-refractivity contribution in [3.05, 3.63) is 46.5 Å². The molecule has 0 saturated carbocycles. The molecule has 1 fully saturated rings. The molecule has 2 aromatic rings. The average Bonchev–Trinajstić information content (AvgIpc) is 3.00. The topological polar surface area (TPSA) is 82.2 Å². The lowest BCUT2D eigenvalue weighted by atomic mass is 10.1. The van der Waals surface area contributed by atoms with Crippen LogP contribution in [-0.2, 0) is 0 Å². The number of rotatable bonds is 2. The number of amides is 2. The second kappa shape index (κ2) is 6.66. The third-order valence-corrected chi connectivity index (χ3v) is 4.52. The minimum Gasteiger partial charge on any atom is -0.333 e. The van der Waals surface area contributed by atoms with Crippen molar-refractivity contribution in [1.82, 2.24) is 25.0 Å². The van der Waals surface area contributed by atoms with Gasteiger partial charge in [0.2, 0.25) is 0 Å². The van der Waals surface area contributed by atoms with Crippen LogP contribution in [-0.4, -0.2) is 62.5 Å². The van der Waals surface area contributed by atoms with Gasteiger partial charge in [0.05, 0.1) is 0 Å². The van der Waals surface area contributed by atoms with Crippen LogP contribution in [0.3, 0.4) is 0 Å². The lowest BCUT2D eigenvalue weighted by molar-refractivity contribution is 0.0407. The van der Waals surface area contributed by atoms with Crippen molar-refractivity contribution in [2.45, 2.75) is 33.7 Å². The summed E-state index contributed by atoms with van der Waals surface area (Å²) in [4.78, 5) is 33.2. The molecule has 25 heavy (non-hydrogen) atoms. The molecule has 3 heterocycles. The molecule has 1 N–H and O–H groups in total. The molecule has 0 radical (unpaired) electrons. The normalized spacial score (nSPS) is 17.7. The maximum atomic E-state index is 12.8. The number of hydrogen-bond donors (Lipinski definition) is 1. The van der Waals surface area contributed by atoms with Crippen molar-refractivity contribution in [3.63, 3.8) is 0 Å². The summed E-state index contributed by atoms with van der Waals surface area (Å²) < 4.78 is 0. The van der Waals surface area contributed by atoms with E-state index in [2.05, 4.69) is 15.2 Å². The van der Waals surface area contributed by atoms with Gasteiger partial charge in [-0.05, 0) is 44.9 Å². The molecule has 132 valence electrons. The van der Waals surface area contributed by atoms with Crippen LogP contribution in [0, 0.1) is 20.8 Å². The summed E-state index contributed by atoms with van der Waals surface area (Å²) in [5, 5.41) is 6.82. The molecular formula is C18H23N5O2. The number of H-pyrrole nitrogens is 1. The fourth-order valence-corrected chi connectivity index (χ4v) is 3.21. The first kappa shape index (κ1) is 17.1. The summed E-state index contributed by atoms with van der Waals surface area (Å²) in [5.74, 6) is -0.180. The van der Waals surface area contributed by atoms with Gasteiger partial charge in [0.15, 0.2) is 0 Å². The number of pyridine rings is 1. The van der Waals surface area contributed by atoms with Crippen molar-refractivity contribution in [2.24, 2.45) is 0 Å². The largest absolute Gasteiger partial charge is 0.333 e. The Labute approximate surface area is 147 Å². The number of aromatic amines is 1. The fraction of sp³-hybridized carbons (Fsp3) is 0.444. The first-order valence-electron chi connectivity index (χ1n) is 8.42. The average molecular weight is 341 g/mol. The van der Waals surface area contributed by atoms with E-state index in [1.165, 1.54) is 0 Å². The molecule has 0 spiro atoms. The van der Waals surface area contributed by atoms with Gasteiger partial charge in [0, 0.05) is 37.6 Å². The van der Waals surface area contributed by atoms with E-state index in [4.69, 9.17) is 0 Å². The molecule has 0 aliphatic carbocycles. The fourth-order valence-electron chi connectivity index (χ4n) is 3.21. The van der Waals surface area contributed by atoms with Crippen LogP contribution >= 0.6 is 0 Å². The van der Waals surface area contributed by atoms with Crippen LogP contribution in [0.2, 0.25) is 0 Å². The minimum absolute atomic E-state index is 0.0762. The van der Waals surface area contributed by atoms with E-state index in [0.29, 0.717) is 31.0 Å². The van der Waals surface area contributed by atoms with E-state index in [-0.39, 0.29) is 17.9 Å². The van der Waals surface area contributed by atoms with Gasteiger partial charge in [-0.1, -0.05) is 6.07 Å². The summed E-state index contributed by atoms with van der Waals surface area (Å²) in [6.45, 7) is 9.14. The number of carbonyl (C=O) groups excluding carboxylic acids is 2. The predicted octanol–water partition coefficient (Wildman–Crippen LogP) is 1.72. The smallest absolute Gasteiger partial charge is 0.274 e. The van der Waals surface area contributed by atoms with E-state index >= 15 is 0 Å². The highest BCUT2D eigenvalue weighted by atomic mass is 16.2. The van der Waals surface area contributed by atoms with Gasteiger partial charge in [-0.3, -0.25) is 19.7 Å². The van der Waals surface area contributed by atoms with E-state index in [9.17, 15) is 9.59 Å². The van der Waals surface area contributed by atoms with E-state index in [0.717, 1.165) is 16.8 Å². The third kappa shape index (κ3) is 3.40. The molecule has 2 aromatic heterocycles. The molecule has 3 rings (SSSR count). The molecule has 1 aliphatic heterocycles. The van der Waals surface area contributed by atoms with Gasteiger partial charge < -0.3 is 9.80 Å². The Hall–Kier alpha value is -2.70. The summed E-state index contributed by atoms with van der Waals surface area (Å²) >= 11 is 0. The van der Waals surface area contributed by atoms with Gasteiger partial charge in [-0.25, -0.2) is 0 Å². The third-order valence-electron chi connectivity index (χ3n) is 4.52. The highest BCUT2D eigenvalue weighted by Gasteiger charge is 2.32. The molecule has 7 nitrogen and oxygen atoms in total. The molecule has 1 saturated heterocycles. The van der Waals surface area contributed by atoms with Crippen LogP contribution in [0.1, 0.15) is 44.7 Å². The number of piperazine rings is 1. The Balaban J connectivity index is 1.71. The molecule has 0 aromatic carbocycles. The summed E-state index contributed by atoms with van der Waals surface area (Å²) in [7, 11) is 0. The Morgan fingerprint density at radius 3 is 2.52 bits per heavy atom. The molecule has 0 unspecified atom stereocenters. The molecule has 1 atom stereocenters. The number of nitrogens with zero attached hydrogens (tertiary/aromatic N) is 4. The SMILES string of the molecule is Cc1cnc(C(=O)N2CCN(C(=O)c3cc(C)[nH]n3)C[C@H]2C)c(C)c1. The monoisotopic (exact) mass is 341 g/mol. The van der Waals surface area contributed by atoms with Gasteiger partial charge >= 0.3 is 0 Å². The highest BCUT2D eigenvalue weighted by molar-refractivity contribution is 5.95. The van der Waals surface area contributed by atoms with E-state index in [1.54, 1.807) is 22.1 Å². The molecular weight excluding hydrogens is 318 g/mol. The number of nitrogens with one attached hydrogen (secondary N) is 1. The first-order valence-corrected chi connectivity index (χ1v) is 8.42. The number of aryl methyl sites for hydroxylation is 3. The maximum Gasteiger partial charge on any atom is 0.274 e. The van der Waals surface area contributed by atoms with Crippen LogP contribution in [0.4, 0.5) is 0 Å². The molecule has 0 bridgehead atoms. The quantitative estimate of drug-likeness (QED) is 0.902. The molecule has 1 aliphatic rings. The van der Waals surface area contributed by atoms with Gasteiger partial charge in [0.1, 0.15) is 11.4 Å². The molecule has 7 heteroatoms. The van der Waals surface area contributed by atoms with Crippen molar-refractivity contribution in [2.75, 3.05) is 19.6 Å². The van der Waals surface area contributed by atoms with Gasteiger partial charge in [-0.2, -0.15) is 5.10 Å². The minimum atomic E-state index is -0.104. The van der Waals surface area contributed by atoms with E-state index in [1.807, 2.05) is 33.8 Å². The highest BCUT2D eigenvalue weighted by Crippen LogP contribution is 2.17. The zero-order valence-corrected chi connectivity index (χ0v) is 15.0. The Morgan fingerprint density at radius 2 is 1.92 bits per heavy atom. The second-order valence-electron chi connectivity index (χ2n) is 6.71. The summed E-state index contributed by atoms with van der Waals surface area (Å²) in [6, 6.07) is 3.63. The van der Waals surface area contributed by atoms with Crippen LogP contribution in [0.25, 0.3) is 0 Å². The zero-order chi connectivity index (χ0) is 18.1. The second-order valence-corrected chi connectivity index (χ2v) is 6.71. The predicted molar refractivity (Wildman–Crippen MR) is 93.4 cm³/mol. The standard InChI is InChI=1S/C18H23N5O2/c1-11-7-12(2)16(19-9-11)18(25)23-6-5-22(10-14(23)4)17(24)15-8-13(3)20-21-15/h7-9,14H,5-6,10H2,1-4H3,(H,20,21)/t14-/m1/s1. The Kier molecular flexibility index (Phi) is 4.57.